The molecular formula is C67H118O6. The van der Waals surface area contributed by atoms with Gasteiger partial charge in [0.2, 0.25) is 0 Å². The van der Waals surface area contributed by atoms with E-state index in [0.29, 0.717) is 19.3 Å². The third kappa shape index (κ3) is 59.6. The summed E-state index contributed by atoms with van der Waals surface area (Å²) in [7, 11) is 0. The van der Waals surface area contributed by atoms with E-state index in [1.165, 1.54) is 180 Å². The summed E-state index contributed by atoms with van der Waals surface area (Å²) in [6, 6.07) is 0. The smallest absolute Gasteiger partial charge is 0.306 e. The van der Waals surface area contributed by atoms with Crippen molar-refractivity contribution in [2.24, 2.45) is 0 Å². The lowest BCUT2D eigenvalue weighted by Gasteiger charge is -2.18. The lowest BCUT2D eigenvalue weighted by Crippen LogP contribution is -2.30. The van der Waals surface area contributed by atoms with Gasteiger partial charge in [-0.2, -0.15) is 0 Å². The number of ether oxygens (including phenoxy) is 3. The Morgan fingerprint density at radius 1 is 0.288 bits per heavy atom. The predicted octanol–water partition coefficient (Wildman–Crippen LogP) is 21.3. The van der Waals surface area contributed by atoms with Crippen LogP contribution >= 0.6 is 0 Å². The molecule has 0 N–H and O–H groups in total. The Bertz CT molecular complexity index is 1360. The molecule has 0 bridgehead atoms. The number of carbonyl (C=O) groups excluding carboxylic acids is 3. The highest BCUT2D eigenvalue weighted by Gasteiger charge is 2.19. The van der Waals surface area contributed by atoms with Crippen LogP contribution in [0.25, 0.3) is 0 Å². The van der Waals surface area contributed by atoms with Gasteiger partial charge in [0, 0.05) is 19.3 Å². The Labute approximate surface area is 453 Å². The maximum Gasteiger partial charge on any atom is 0.306 e. The second-order valence-electron chi connectivity index (χ2n) is 21.0. The van der Waals surface area contributed by atoms with Crippen LogP contribution in [0, 0.1) is 0 Å². The first kappa shape index (κ1) is 69.8. The van der Waals surface area contributed by atoms with E-state index in [0.717, 1.165) is 96.3 Å². The summed E-state index contributed by atoms with van der Waals surface area (Å²) in [6.45, 7) is 6.54. The summed E-state index contributed by atoms with van der Waals surface area (Å²) in [5, 5.41) is 0. The molecule has 0 aromatic carbocycles. The fourth-order valence-corrected chi connectivity index (χ4v) is 9.04. The van der Waals surface area contributed by atoms with Crippen molar-refractivity contribution in [1.29, 1.82) is 0 Å². The van der Waals surface area contributed by atoms with Crippen LogP contribution < -0.4 is 0 Å². The average Bonchev–Trinajstić information content (AvgIpc) is 3.39. The van der Waals surface area contributed by atoms with E-state index in [4.69, 9.17) is 14.2 Å². The number of allylic oxidation sites excluding steroid dienone is 12. The second-order valence-corrected chi connectivity index (χ2v) is 21.0. The van der Waals surface area contributed by atoms with E-state index in [1.54, 1.807) is 0 Å². The first-order valence-corrected chi connectivity index (χ1v) is 31.4. The Balaban J connectivity index is 4.42. The molecule has 0 fully saturated rings. The van der Waals surface area contributed by atoms with Crippen LogP contribution in [-0.2, 0) is 28.6 Å². The highest BCUT2D eigenvalue weighted by atomic mass is 16.6. The van der Waals surface area contributed by atoms with Gasteiger partial charge >= 0.3 is 17.9 Å². The third-order valence-corrected chi connectivity index (χ3v) is 13.7. The van der Waals surface area contributed by atoms with Gasteiger partial charge in [0.1, 0.15) is 13.2 Å². The molecule has 73 heavy (non-hydrogen) atoms. The molecule has 0 rings (SSSR count). The third-order valence-electron chi connectivity index (χ3n) is 13.7. The average molecular weight is 1020 g/mol. The van der Waals surface area contributed by atoms with Crippen LogP contribution in [0.5, 0.6) is 0 Å². The molecule has 0 saturated carbocycles. The second kappa shape index (κ2) is 61.4. The topological polar surface area (TPSA) is 78.9 Å². The van der Waals surface area contributed by atoms with Gasteiger partial charge in [-0.1, -0.05) is 299 Å². The summed E-state index contributed by atoms with van der Waals surface area (Å²) in [5.74, 6) is -0.912. The molecule has 0 aromatic heterocycles. The molecule has 1 atom stereocenters. The fraction of sp³-hybridized carbons (Fsp3) is 0.776. The van der Waals surface area contributed by atoms with Crippen LogP contribution in [0.1, 0.15) is 316 Å². The Morgan fingerprint density at radius 2 is 0.534 bits per heavy atom. The molecule has 0 aromatic rings. The van der Waals surface area contributed by atoms with Crippen LogP contribution in [0.15, 0.2) is 72.9 Å². The predicted molar refractivity (Wildman–Crippen MR) is 316 cm³/mol. The lowest BCUT2D eigenvalue weighted by atomic mass is 10.0. The summed E-state index contributed by atoms with van der Waals surface area (Å²) < 4.78 is 16.9. The first-order chi connectivity index (χ1) is 36.0. The van der Waals surface area contributed by atoms with E-state index in [9.17, 15) is 14.4 Å². The van der Waals surface area contributed by atoms with Crippen molar-refractivity contribution in [2.75, 3.05) is 13.2 Å². The SMILES string of the molecule is CC/C=C\C/C=C\C/C=C\C/C=C\C/C=C\C/C=C\CCCCC(=O)OCC(COC(=O)CCCCCCCCCCCCCCCCCCC)OC(=O)CCCCCCCCCCCCCCCCCCC. The van der Waals surface area contributed by atoms with Crippen molar-refractivity contribution in [3.05, 3.63) is 72.9 Å². The zero-order chi connectivity index (χ0) is 52.9. The molecule has 0 heterocycles. The molecule has 6 nitrogen and oxygen atoms in total. The maximum absolute atomic E-state index is 12.9. The summed E-state index contributed by atoms with van der Waals surface area (Å²) in [4.78, 5) is 38.3. The molecule has 0 radical (unpaired) electrons. The molecular weight excluding hydrogens is 901 g/mol. The summed E-state index contributed by atoms with van der Waals surface area (Å²) in [5.41, 5.74) is 0. The minimum atomic E-state index is -0.791. The number of rotatable bonds is 57. The lowest BCUT2D eigenvalue weighted by molar-refractivity contribution is -0.167. The number of hydrogen-bond acceptors (Lipinski definition) is 6. The zero-order valence-electron chi connectivity index (χ0n) is 48.4. The maximum atomic E-state index is 12.9. The number of unbranched alkanes of at least 4 members (excludes halogenated alkanes) is 34. The Kier molecular flexibility index (Phi) is 58.7. The van der Waals surface area contributed by atoms with E-state index in [-0.39, 0.29) is 31.1 Å². The molecule has 0 saturated heterocycles. The van der Waals surface area contributed by atoms with Crippen molar-refractivity contribution < 1.29 is 28.6 Å². The van der Waals surface area contributed by atoms with Crippen LogP contribution in [0.3, 0.4) is 0 Å². The van der Waals surface area contributed by atoms with Crippen LogP contribution in [0.2, 0.25) is 0 Å². The van der Waals surface area contributed by atoms with Gasteiger partial charge < -0.3 is 14.2 Å². The van der Waals surface area contributed by atoms with Gasteiger partial charge in [0.15, 0.2) is 6.10 Å². The van der Waals surface area contributed by atoms with Crippen LogP contribution in [-0.4, -0.2) is 37.2 Å². The van der Waals surface area contributed by atoms with Gasteiger partial charge in [-0.15, -0.1) is 0 Å². The quantitative estimate of drug-likeness (QED) is 0.0261. The molecule has 0 aliphatic carbocycles. The van der Waals surface area contributed by atoms with Gasteiger partial charge in [-0.05, 0) is 70.6 Å². The number of carbonyl (C=O) groups is 3. The Hall–Kier alpha value is -3.15. The molecule has 1 unspecified atom stereocenters. The normalized spacial score (nSPS) is 12.5. The minimum Gasteiger partial charge on any atom is -0.462 e. The zero-order valence-corrected chi connectivity index (χ0v) is 48.4. The Morgan fingerprint density at radius 3 is 0.836 bits per heavy atom. The fourth-order valence-electron chi connectivity index (χ4n) is 9.04. The van der Waals surface area contributed by atoms with Crippen molar-refractivity contribution in [3.63, 3.8) is 0 Å². The monoisotopic (exact) mass is 1020 g/mol. The van der Waals surface area contributed by atoms with E-state index < -0.39 is 6.10 Å². The van der Waals surface area contributed by atoms with E-state index >= 15 is 0 Å². The van der Waals surface area contributed by atoms with Crippen LogP contribution in [0.4, 0.5) is 0 Å². The molecule has 0 amide bonds. The van der Waals surface area contributed by atoms with Crippen molar-refractivity contribution in [1.82, 2.24) is 0 Å². The van der Waals surface area contributed by atoms with Crippen molar-refractivity contribution in [3.8, 4) is 0 Å². The standard InChI is InChI=1S/C67H118O6/c1-4-7-10-13-16-19-22-25-28-31-32-33-34-37-39-42-45-48-51-54-57-60-66(69)72-63-64(73-67(70)61-58-55-52-49-46-43-40-36-30-27-24-21-18-15-12-9-6-3)62-71-65(68)59-56-53-50-47-44-41-38-35-29-26-23-20-17-14-11-8-5-2/h7,10,16,19,25,28,32-33,37,39,45,48,64H,4-6,8-9,11-15,17-18,20-24,26-27,29-31,34-36,38,40-44,46-47,49-63H2,1-3H3/b10-7-,19-16-,28-25-,33-32-,39-37-,48-45-. The largest absolute Gasteiger partial charge is 0.462 e. The van der Waals surface area contributed by atoms with E-state index in [2.05, 4.69) is 93.7 Å². The molecule has 422 valence electrons. The first-order valence-electron chi connectivity index (χ1n) is 31.4. The highest BCUT2D eigenvalue weighted by molar-refractivity contribution is 5.71. The summed E-state index contributed by atoms with van der Waals surface area (Å²) >= 11 is 0. The molecule has 0 aliphatic heterocycles. The minimum absolute atomic E-state index is 0.0848. The van der Waals surface area contributed by atoms with Gasteiger partial charge in [-0.25, -0.2) is 0 Å². The molecule has 0 spiro atoms. The molecule has 6 heteroatoms. The van der Waals surface area contributed by atoms with Crippen molar-refractivity contribution in [2.45, 2.75) is 322 Å². The van der Waals surface area contributed by atoms with Gasteiger partial charge in [-0.3, -0.25) is 14.4 Å². The van der Waals surface area contributed by atoms with E-state index in [1.807, 2.05) is 0 Å². The number of esters is 3. The van der Waals surface area contributed by atoms with Gasteiger partial charge in [0.05, 0.1) is 0 Å². The van der Waals surface area contributed by atoms with Crippen molar-refractivity contribution >= 4 is 17.9 Å². The molecule has 0 aliphatic rings. The van der Waals surface area contributed by atoms with Gasteiger partial charge in [0.25, 0.3) is 0 Å². The number of hydrogen-bond donors (Lipinski definition) is 0. The highest BCUT2D eigenvalue weighted by Crippen LogP contribution is 2.17. The summed E-state index contributed by atoms with van der Waals surface area (Å²) in [6.07, 6.45) is 79.0.